The molecular weight excluding hydrogens is 214 g/mol. The summed E-state index contributed by atoms with van der Waals surface area (Å²) in [7, 11) is 0. The second-order valence-electron chi connectivity index (χ2n) is 4.16. The van der Waals surface area contributed by atoms with Gasteiger partial charge in [-0.05, 0) is 31.0 Å². The van der Waals surface area contributed by atoms with Crippen LogP contribution in [0.3, 0.4) is 0 Å². The first-order valence-electron chi connectivity index (χ1n) is 5.94. The molecule has 2 heteroatoms. The highest BCUT2D eigenvalue weighted by Gasteiger charge is 2.27. The van der Waals surface area contributed by atoms with Crippen molar-refractivity contribution in [2.45, 2.75) is 36.0 Å². The zero-order valence-electron chi connectivity index (χ0n) is 9.78. The van der Waals surface area contributed by atoms with Crippen LogP contribution in [0.4, 0.5) is 0 Å². The summed E-state index contributed by atoms with van der Waals surface area (Å²) < 4.78 is 0. The number of nitrogens with one attached hydrogen (secondary N) is 1. The molecule has 86 valence electrons. The minimum Gasteiger partial charge on any atom is -0.313 e. The second-order valence-corrected chi connectivity index (χ2v) is 5.44. The summed E-state index contributed by atoms with van der Waals surface area (Å²) >= 11 is 2.01. The van der Waals surface area contributed by atoms with E-state index in [1.807, 2.05) is 17.8 Å². The second kappa shape index (κ2) is 5.55. The van der Waals surface area contributed by atoms with Crippen LogP contribution >= 0.6 is 11.8 Å². The van der Waals surface area contributed by atoms with E-state index in [2.05, 4.69) is 43.1 Å². The van der Waals surface area contributed by atoms with Gasteiger partial charge in [-0.1, -0.05) is 31.2 Å². The molecule has 2 unspecified atom stereocenters. The van der Waals surface area contributed by atoms with Gasteiger partial charge in [-0.25, -0.2) is 0 Å². The Morgan fingerprint density at radius 2 is 2.38 bits per heavy atom. The number of fused-ring (bicyclic) bond motifs is 1. The highest BCUT2D eigenvalue weighted by atomic mass is 32.2. The molecule has 0 radical (unpaired) electrons. The van der Waals surface area contributed by atoms with Crippen LogP contribution in [0.15, 0.2) is 41.8 Å². The molecule has 1 aliphatic rings. The number of hydrogen-bond acceptors (Lipinski definition) is 2. The molecule has 0 aromatic heterocycles. The quantitative estimate of drug-likeness (QED) is 0.783. The summed E-state index contributed by atoms with van der Waals surface area (Å²) in [4.78, 5) is 1.46. The molecule has 0 bridgehead atoms. The Morgan fingerprint density at radius 1 is 1.56 bits per heavy atom. The van der Waals surface area contributed by atoms with Crippen molar-refractivity contribution in [2.24, 2.45) is 0 Å². The maximum absolute atomic E-state index is 3.85. The number of rotatable bonds is 5. The van der Waals surface area contributed by atoms with Crippen molar-refractivity contribution < 1.29 is 0 Å². The lowest BCUT2D eigenvalue weighted by atomic mass is 10.0. The van der Waals surface area contributed by atoms with Gasteiger partial charge in [0.2, 0.25) is 0 Å². The standard InChI is InChI=1S/C14H19NS/c1-3-7-12(15-4-2)14-10-11-8-5-6-9-13(11)16-14/h3,5-6,8-9,12,14-15H,1,4,7,10H2,2H3. The fourth-order valence-corrected chi connectivity index (χ4v) is 3.66. The van der Waals surface area contributed by atoms with Crippen molar-refractivity contribution in [1.82, 2.24) is 5.32 Å². The van der Waals surface area contributed by atoms with Gasteiger partial charge < -0.3 is 5.32 Å². The van der Waals surface area contributed by atoms with Crippen LogP contribution in [0, 0.1) is 0 Å². The van der Waals surface area contributed by atoms with Crippen LogP contribution in [0.1, 0.15) is 18.9 Å². The predicted molar refractivity (Wildman–Crippen MR) is 72.1 cm³/mol. The van der Waals surface area contributed by atoms with E-state index in [9.17, 15) is 0 Å². The fourth-order valence-electron chi connectivity index (χ4n) is 2.24. The molecule has 1 nitrogen and oxygen atoms in total. The summed E-state index contributed by atoms with van der Waals surface area (Å²) in [6.45, 7) is 7.06. The minimum absolute atomic E-state index is 0.555. The van der Waals surface area contributed by atoms with Gasteiger partial charge in [0, 0.05) is 16.2 Å². The molecule has 1 aromatic carbocycles. The van der Waals surface area contributed by atoms with Gasteiger partial charge in [-0.3, -0.25) is 0 Å². The van der Waals surface area contributed by atoms with Crippen LogP contribution in [0.25, 0.3) is 0 Å². The maximum Gasteiger partial charge on any atom is 0.0292 e. The number of benzene rings is 1. The van der Waals surface area contributed by atoms with E-state index in [4.69, 9.17) is 0 Å². The van der Waals surface area contributed by atoms with E-state index in [0.717, 1.165) is 13.0 Å². The molecule has 1 aliphatic heterocycles. The molecule has 1 N–H and O–H groups in total. The van der Waals surface area contributed by atoms with E-state index >= 15 is 0 Å². The number of hydrogen-bond donors (Lipinski definition) is 1. The van der Waals surface area contributed by atoms with Crippen molar-refractivity contribution in [1.29, 1.82) is 0 Å². The summed E-state index contributed by atoms with van der Waals surface area (Å²) in [5.74, 6) is 0. The van der Waals surface area contributed by atoms with Crippen molar-refractivity contribution in [3.63, 3.8) is 0 Å². The van der Waals surface area contributed by atoms with Crippen molar-refractivity contribution in [2.75, 3.05) is 6.54 Å². The maximum atomic E-state index is 3.85. The van der Waals surface area contributed by atoms with Gasteiger partial charge in [0.1, 0.15) is 0 Å². The first-order valence-corrected chi connectivity index (χ1v) is 6.82. The summed E-state index contributed by atoms with van der Waals surface area (Å²) in [5, 5.41) is 4.23. The van der Waals surface area contributed by atoms with Gasteiger partial charge in [0.15, 0.2) is 0 Å². The topological polar surface area (TPSA) is 12.0 Å². The van der Waals surface area contributed by atoms with Gasteiger partial charge in [0.05, 0.1) is 0 Å². The average Bonchev–Trinajstić information content (AvgIpc) is 2.72. The molecule has 2 atom stereocenters. The fraction of sp³-hybridized carbons (Fsp3) is 0.429. The third kappa shape index (κ3) is 2.50. The first-order chi connectivity index (χ1) is 7.85. The van der Waals surface area contributed by atoms with E-state index in [-0.39, 0.29) is 0 Å². The largest absolute Gasteiger partial charge is 0.313 e. The first kappa shape index (κ1) is 11.7. The van der Waals surface area contributed by atoms with Crippen LogP contribution in [-0.4, -0.2) is 17.8 Å². The molecule has 0 saturated heterocycles. The Balaban J connectivity index is 2.05. The normalized spacial score (nSPS) is 20.4. The Morgan fingerprint density at radius 3 is 3.06 bits per heavy atom. The van der Waals surface area contributed by atoms with Gasteiger partial charge in [0.25, 0.3) is 0 Å². The molecule has 0 saturated carbocycles. The molecule has 0 fully saturated rings. The van der Waals surface area contributed by atoms with E-state index < -0.39 is 0 Å². The molecule has 2 rings (SSSR count). The highest BCUT2D eigenvalue weighted by molar-refractivity contribution is 8.00. The third-order valence-electron chi connectivity index (χ3n) is 3.01. The van der Waals surface area contributed by atoms with Crippen LogP contribution < -0.4 is 5.32 Å². The minimum atomic E-state index is 0.555. The molecule has 0 amide bonds. The SMILES string of the molecule is C=CCC(NCC)C1Cc2ccccc2S1. The third-order valence-corrected chi connectivity index (χ3v) is 4.46. The molecule has 1 heterocycles. The lowest BCUT2D eigenvalue weighted by Gasteiger charge is -2.22. The molecule has 16 heavy (non-hydrogen) atoms. The Bertz CT molecular complexity index is 337. The highest BCUT2D eigenvalue weighted by Crippen LogP contribution is 2.38. The summed E-state index contributed by atoms with van der Waals surface area (Å²) in [5.41, 5.74) is 1.50. The molecule has 0 aliphatic carbocycles. The van der Waals surface area contributed by atoms with Crippen molar-refractivity contribution >= 4 is 11.8 Å². The van der Waals surface area contributed by atoms with E-state index in [1.54, 1.807) is 0 Å². The monoisotopic (exact) mass is 233 g/mol. The van der Waals surface area contributed by atoms with E-state index in [1.165, 1.54) is 16.9 Å². The molecule has 0 spiro atoms. The van der Waals surface area contributed by atoms with Gasteiger partial charge in [-0.2, -0.15) is 0 Å². The molecular formula is C14H19NS. The average molecular weight is 233 g/mol. The van der Waals surface area contributed by atoms with Crippen molar-refractivity contribution in [3.05, 3.63) is 42.5 Å². The predicted octanol–water partition coefficient (Wildman–Crippen LogP) is 3.26. The smallest absolute Gasteiger partial charge is 0.0292 e. The van der Waals surface area contributed by atoms with Crippen LogP contribution in [-0.2, 0) is 6.42 Å². The Kier molecular flexibility index (Phi) is 4.08. The van der Waals surface area contributed by atoms with E-state index in [0.29, 0.717) is 11.3 Å². The Labute approximate surface area is 102 Å². The lowest BCUT2D eigenvalue weighted by molar-refractivity contribution is 0.513. The van der Waals surface area contributed by atoms with Crippen LogP contribution in [0.5, 0.6) is 0 Å². The summed E-state index contributed by atoms with van der Waals surface area (Å²) in [6, 6.07) is 9.30. The van der Waals surface area contributed by atoms with Crippen LogP contribution in [0.2, 0.25) is 0 Å². The summed E-state index contributed by atoms with van der Waals surface area (Å²) in [6.07, 6.45) is 4.27. The zero-order valence-corrected chi connectivity index (χ0v) is 10.6. The molecule has 1 aromatic rings. The zero-order chi connectivity index (χ0) is 11.4. The van der Waals surface area contributed by atoms with Crippen molar-refractivity contribution in [3.8, 4) is 0 Å². The Hall–Kier alpha value is -0.730. The van der Waals surface area contributed by atoms with Gasteiger partial charge >= 0.3 is 0 Å². The van der Waals surface area contributed by atoms with Gasteiger partial charge in [-0.15, -0.1) is 18.3 Å². The lowest BCUT2D eigenvalue weighted by Crippen LogP contribution is -2.37. The number of thioether (sulfide) groups is 1.